The maximum Gasteiger partial charge on any atom is 0.426 e. The SMILES string of the molecule is O=[N+]([O-])c1nn(O)c2c([N+](=O)[O-])nn(O)c12. The average Bonchev–Trinajstić information content (AvgIpc) is 2.67. The first-order valence-corrected chi connectivity index (χ1v) is 3.62. The number of aromatic nitrogens is 4. The highest BCUT2D eigenvalue weighted by molar-refractivity contribution is 5.89. The molecule has 0 saturated heterocycles. The second kappa shape index (κ2) is 2.78. The van der Waals surface area contributed by atoms with Crippen LogP contribution in [0, 0.1) is 20.2 Å². The van der Waals surface area contributed by atoms with E-state index < -0.39 is 32.5 Å². The van der Waals surface area contributed by atoms with Crippen molar-refractivity contribution in [2.75, 3.05) is 0 Å². The first-order valence-electron chi connectivity index (χ1n) is 3.62. The first-order chi connectivity index (χ1) is 7.43. The van der Waals surface area contributed by atoms with E-state index in [1.54, 1.807) is 0 Å². The van der Waals surface area contributed by atoms with Crippen LogP contribution in [0.5, 0.6) is 0 Å². The highest BCUT2D eigenvalue weighted by atomic mass is 16.6. The van der Waals surface area contributed by atoms with Crippen LogP contribution in [0.2, 0.25) is 0 Å². The van der Waals surface area contributed by atoms with E-state index >= 15 is 0 Å². The summed E-state index contributed by atoms with van der Waals surface area (Å²) in [6.45, 7) is 0. The summed E-state index contributed by atoms with van der Waals surface area (Å²) in [5, 5.41) is 45.1. The maximum atomic E-state index is 10.5. The molecule has 0 radical (unpaired) electrons. The van der Waals surface area contributed by atoms with Gasteiger partial charge in [0, 0.05) is 9.69 Å². The number of nitrogens with zero attached hydrogens (tertiary/aromatic N) is 6. The lowest BCUT2D eigenvalue weighted by atomic mass is 10.4. The van der Waals surface area contributed by atoms with Gasteiger partial charge in [0.05, 0.1) is 10.2 Å². The number of hydrogen-bond donors (Lipinski definition) is 2. The molecule has 0 atom stereocenters. The van der Waals surface area contributed by atoms with Crippen LogP contribution in [0.25, 0.3) is 11.0 Å². The van der Waals surface area contributed by atoms with Crippen LogP contribution in [0.4, 0.5) is 11.6 Å². The molecule has 0 bridgehead atoms. The number of rotatable bonds is 2. The summed E-state index contributed by atoms with van der Waals surface area (Å²) < 4.78 is 0. The predicted molar refractivity (Wildman–Crippen MR) is 43.2 cm³/mol. The molecular weight excluding hydrogens is 228 g/mol. The third kappa shape index (κ3) is 1.03. The zero-order valence-corrected chi connectivity index (χ0v) is 7.21. The Labute approximate surface area is 84.1 Å². The molecule has 16 heavy (non-hydrogen) atoms. The van der Waals surface area contributed by atoms with Crippen molar-refractivity contribution in [1.82, 2.24) is 19.9 Å². The third-order valence-electron chi connectivity index (χ3n) is 1.77. The largest absolute Gasteiger partial charge is 0.426 e. The van der Waals surface area contributed by atoms with Crippen LogP contribution < -0.4 is 0 Å². The van der Waals surface area contributed by atoms with Crippen LogP contribution in [0.1, 0.15) is 0 Å². The van der Waals surface area contributed by atoms with E-state index in [-0.39, 0.29) is 9.69 Å². The van der Waals surface area contributed by atoms with Crippen molar-refractivity contribution >= 4 is 22.7 Å². The number of fused-ring (bicyclic) bond motifs is 1. The lowest BCUT2D eigenvalue weighted by Crippen LogP contribution is -2.00. The van der Waals surface area contributed by atoms with Gasteiger partial charge in [-0.2, -0.15) is 0 Å². The normalized spacial score (nSPS) is 10.8. The van der Waals surface area contributed by atoms with E-state index in [1.165, 1.54) is 0 Å². The van der Waals surface area contributed by atoms with Gasteiger partial charge in [0.2, 0.25) is 0 Å². The Hall–Kier alpha value is -2.92. The van der Waals surface area contributed by atoms with E-state index in [4.69, 9.17) is 10.4 Å². The molecule has 0 spiro atoms. The van der Waals surface area contributed by atoms with Gasteiger partial charge in [0.25, 0.3) is 11.0 Å². The van der Waals surface area contributed by atoms with Gasteiger partial charge in [-0.1, -0.05) is 0 Å². The first kappa shape index (κ1) is 9.63. The molecule has 84 valence electrons. The Kier molecular flexibility index (Phi) is 1.68. The smallest absolute Gasteiger partial charge is 0.395 e. The Morgan fingerprint density at radius 2 is 1.25 bits per heavy atom. The predicted octanol–water partition coefficient (Wildman–Crippen LogP) is -0.476. The van der Waals surface area contributed by atoms with E-state index in [0.29, 0.717) is 0 Å². The maximum absolute atomic E-state index is 10.5. The second-order valence-electron chi connectivity index (χ2n) is 2.64. The van der Waals surface area contributed by atoms with Gasteiger partial charge in [-0.15, -0.1) is 0 Å². The van der Waals surface area contributed by atoms with Gasteiger partial charge in [0.1, 0.15) is 0 Å². The second-order valence-corrected chi connectivity index (χ2v) is 2.64. The minimum absolute atomic E-state index is 0.0781. The van der Waals surface area contributed by atoms with Crippen molar-refractivity contribution in [2.24, 2.45) is 0 Å². The lowest BCUT2D eigenvalue weighted by Gasteiger charge is -1.86. The Morgan fingerprint density at radius 1 is 0.938 bits per heavy atom. The summed E-state index contributed by atoms with van der Waals surface area (Å²) in [6, 6.07) is 0. The number of hydrogen-bond acceptors (Lipinski definition) is 8. The fraction of sp³-hybridized carbons (Fsp3) is 0. The van der Waals surface area contributed by atoms with Crippen molar-refractivity contribution < 1.29 is 20.3 Å². The van der Waals surface area contributed by atoms with E-state index in [0.717, 1.165) is 0 Å². The molecule has 0 aliphatic heterocycles. The van der Waals surface area contributed by atoms with Gasteiger partial charge < -0.3 is 30.6 Å². The van der Waals surface area contributed by atoms with Crippen LogP contribution in [0.3, 0.4) is 0 Å². The zero-order chi connectivity index (χ0) is 12.0. The van der Waals surface area contributed by atoms with Crippen molar-refractivity contribution in [3.05, 3.63) is 20.2 Å². The minimum atomic E-state index is -1.02. The van der Waals surface area contributed by atoms with Gasteiger partial charge in [-0.3, -0.25) is 0 Å². The quantitative estimate of drug-likeness (QED) is 0.397. The molecule has 0 fully saturated rings. The highest BCUT2D eigenvalue weighted by Gasteiger charge is 2.37. The van der Waals surface area contributed by atoms with E-state index in [2.05, 4.69) is 10.2 Å². The fourth-order valence-corrected chi connectivity index (χ4v) is 1.20. The van der Waals surface area contributed by atoms with Crippen LogP contribution >= 0.6 is 0 Å². The fourth-order valence-electron chi connectivity index (χ4n) is 1.20. The minimum Gasteiger partial charge on any atom is -0.395 e. The van der Waals surface area contributed by atoms with Gasteiger partial charge in [-0.25, -0.2) is 0 Å². The molecular formula is C4H2N6O6. The third-order valence-corrected chi connectivity index (χ3v) is 1.77. The van der Waals surface area contributed by atoms with Crippen molar-refractivity contribution in [3.63, 3.8) is 0 Å². The van der Waals surface area contributed by atoms with Gasteiger partial charge >= 0.3 is 11.6 Å². The molecule has 0 aromatic carbocycles. The summed E-state index contributed by atoms with van der Waals surface area (Å²) in [7, 11) is 0. The standard InChI is InChI=1S/C4H2N6O6/c11-7-1-2(4(6-7)10(15)16)8(12)5-3(1)9(13)14/h11-12H. The molecule has 2 aromatic rings. The lowest BCUT2D eigenvalue weighted by molar-refractivity contribution is -0.390. The van der Waals surface area contributed by atoms with Gasteiger partial charge in [-0.05, 0) is 9.85 Å². The molecule has 0 unspecified atom stereocenters. The highest BCUT2D eigenvalue weighted by Crippen LogP contribution is 2.29. The monoisotopic (exact) mass is 230 g/mol. The summed E-state index contributed by atoms with van der Waals surface area (Å²) >= 11 is 0. The van der Waals surface area contributed by atoms with Crippen molar-refractivity contribution in [1.29, 1.82) is 0 Å². The van der Waals surface area contributed by atoms with E-state index in [9.17, 15) is 20.2 Å². The molecule has 0 aliphatic carbocycles. The van der Waals surface area contributed by atoms with Gasteiger partial charge in [0.15, 0.2) is 0 Å². The van der Waals surface area contributed by atoms with Crippen molar-refractivity contribution in [2.45, 2.75) is 0 Å². The van der Waals surface area contributed by atoms with Crippen LogP contribution in [-0.4, -0.2) is 40.1 Å². The summed E-state index contributed by atoms with van der Waals surface area (Å²) in [5.74, 6) is -1.89. The Balaban J connectivity index is 2.92. The molecule has 2 N–H and O–H groups in total. The molecule has 2 heterocycles. The molecule has 2 aromatic heterocycles. The number of nitro groups is 2. The molecule has 0 amide bonds. The molecule has 2 rings (SSSR count). The summed E-state index contributed by atoms with van der Waals surface area (Å²) in [6.07, 6.45) is 0. The Bertz CT molecular complexity index is 556. The zero-order valence-electron chi connectivity index (χ0n) is 7.21. The average molecular weight is 230 g/mol. The molecule has 12 nitrogen and oxygen atoms in total. The van der Waals surface area contributed by atoms with Crippen LogP contribution in [0.15, 0.2) is 0 Å². The Morgan fingerprint density at radius 3 is 1.50 bits per heavy atom. The summed E-state index contributed by atoms with van der Waals surface area (Å²) in [4.78, 5) is 18.7. The topological polar surface area (TPSA) is 162 Å². The molecule has 0 aliphatic rings. The van der Waals surface area contributed by atoms with Crippen molar-refractivity contribution in [3.8, 4) is 0 Å². The van der Waals surface area contributed by atoms with Crippen LogP contribution in [-0.2, 0) is 0 Å². The molecule has 12 heteroatoms. The molecule has 0 saturated carbocycles. The summed E-state index contributed by atoms with van der Waals surface area (Å²) in [5.41, 5.74) is -1.31. The van der Waals surface area contributed by atoms with E-state index in [1.807, 2.05) is 0 Å².